The van der Waals surface area contributed by atoms with Crippen LogP contribution in [0.1, 0.15) is 40.4 Å². The zero-order chi connectivity index (χ0) is 21.4. The molecule has 0 radical (unpaired) electrons. The number of rotatable bonds is 8. The Morgan fingerprint density at radius 1 is 1.37 bits per heavy atom. The Labute approximate surface area is 180 Å². The van der Waals surface area contributed by atoms with Crippen LogP contribution in [0.25, 0.3) is 0 Å². The first kappa shape index (κ1) is 20.6. The maximum atomic E-state index is 13.1. The second kappa shape index (κ2) is 7.89. The van der Waals surface area contributed by atoms with Gasteiger partial charge in [-0.05, 0) is 43.7 Å². The minimum Gasteiger partial charge on any atom is -0.437 e. The van der Waals surface area contributed by atoms with Crippen molar-refractivity contribution in [1.82, 2.24) is 10.3 Å². The number of sulfone groups is 1. The topological polar surface area (TPSA) is 85.4 Å². The van der Waals surface area contributed by atoms with Crippen LogP contribution in [0, 0.1) is 18.3 Å². The SMILES string of the molecule is C#CC1(c2nc(Oc3ccccc3)c(C(=O)N[C@H](/C=C/S(C)(=O)=O)C3CC3)s2)CC1. The fourth-order valence-corrected chi connectivity index (χ4v) is 4.65. The summed E-state index contributed by atoms with van der Waals surface area (Å²) in [6.07, 6.45) is 12.0. The summed E-state index contributed by atoms with van der Waals surface area (Å²) >= 11 is 1.25. The van der Waals surface area contributed by atoms with Crippen molar-refractivity contribution in [3.63, 3.8) is 0 Å². The minimum atomic E-state index is -3.27. The number of hydrogen-bond donors (Lipinski definition) is 1. The van der Waals surface area contributed by atoms with E-state index < -0.39 is 15.3 Å². The van der Waals surface area contributed by atoms with Gasteiger partial charge in [-0.25, -0.2) is 13.4 Å². The molecule has 0 unspecified atom stereocenters. The van der Waals surface area contributed by atoms with E-state index >= 15 is 0 Å². The molecule has 2 fully saturated rings. The molecule has 2 saturated carbocycles. The van der Waals surface area contributed by atoms with Crippen LogP contribution in [0.5, 0.6) is 11.6 Å². The summed E-state index contributed by atoms with van der Waals surface area (Å²) in [6, 6.07) is 8.77. The maximum absolute atomic E-state index is 13.1. The van der Waals surface area contributed by atoms with Crippen LogP contribution >= 0.6 is 11.3 Å². The van der Waals surface area contributed by atoms with Crippen LogP contribution in [0.4, 0.5) is 0 Å². The van der Waals surface area contributed by atoms with Crippen LogP contribution in [0.3, 0.4) is 0 Å². The zero-order valence-corrected chi connectivity index (χ0v) is 18.1. The molecule has 1 amide bonds. The molecule has 1 heterocycles. The highest BCUT2D eigenvalue weighted by Crippen LogP contribution is 2.50. The normalized spacial score (nSPS) is 18.5. The number of para-hydroxylation sites is 1. The van der Waals surface area contributed by atoms with Crippen molar-refractivity contribution in [2.75, 3.05) is 6.26 Å². The molecule has 2 aliphatic carbocycles. The Morgan fingerprint density at radius 2 is 2.07 bits per heavy atom. The van der Waals surface area contributed by atoms with Gasteiger partial charge in [0.05, 0.1) is 11.5 Å². The number of aromatic nitrogens is 1. The number of ether oxygens (including phenoxy) is 1. The van der Waals surface area contributed by atoms with Crippen LogP contribution in [-0.4, -0.2) is 31.6 Å². The molecule has 2 aromatic rings. The van der Waals surface area contributed by atoms with E-state index in [1.807, 2.05) is 18.2 Å². The molecule has 1 aromatic carbocycles. The minimum absolute atomic E-state index is 0.224. The van der Waals surface area contributed by atoms with E-state index in [0.29, 0.717) is 15.6 Å². The Morgan fingerprint density at radius 3 is 2.63 bits per heavy atom. The van der Waals surface area contributed by atoms with Crippen LogP contribution < -0.4 is 10.1 Å². The van der Waals surface area contributed by atoms with E-state index in [1.165, 1.54) is 11.3 Å². The van der Waals surface area contributed by atoms with Gasteiger partial charge in [0.1, 0.15) is 10.8 Å². The van der Waals surface area contributed by atoms with Crippen molar-refractivity contribution in [2.45, 2.75) is 37.1 Å². The number of hydrogen-bond acceptors (Lipinski definition) is 6. The van der Waals surface area contributed by atoms with E-state index in [-0.39, 0.29) is 23.7 Å². The molecule has 4 rings (SSSR count). The summed E-state index contributed by atoms with van der Waals surface area (Å²) in [6.45, 7) is 0. The van der Waals surface area contributed by atoms with Crippen LogP contribution in [-0.2, 0) is 15.3 Å². The Kier molecular flexibility index (Phi) is 5.43. The quantitative estimate of drug-likeness (QED) is 0.631. The molecule has 0 bridgehead atoms. The Bertz CT molecular complexity index is 1120. The number of carbonyl (C=O) groups excluding carboxylic acids is 1. The lowest BCUT2D eigenvalue weighted by Crippen LogP contribution is -2.34. The highest BCUT2D eigenvalue weighted by atomic mass is 32.2. The number of terminal acetylenes is 1. The number of nitrogens with zero attached hydrogens (tertiary/aromatic N) is 1. The zero-order valence-electron chi connectivity index (χ0n) is 16.5. The monoisotopic (exact) mass is 442 g/mol. The van der Waals surface area contributed by atoms with Gasteiger partial charge in [0, 0.05) is 11.7 Å². The lowest BCUT2D eigenvalue weighted by atomic mass is 10.1. The number of thiazole rings is 1. The van der Waals surface area contributed by atoms with Gasteiger partial charge in [0.25, 0.3) is 5.91 Å². The molecule has 30 heavy (non-hydrogen) atoms. The second-order valence-corrected chi connectivity index (χ2v) is 10.7. The molecule has 0 saturated heterocycles. The summed E-state index contributed by atoms with van der Waals surface area (Å²) in [7, 11) is -3.27. The molecule has 156 valence electrons. The van der Waals surface area contributed by atoms with Crippen molar-refractivity contribution in [2.24, 2.45) is 5.92 Å². The van der Waals surface area contributed by atoms with Gasteiger partial charge in [-0.2, -0.15) is 0 Å². The lowest BCUT2D eigenvalue weighted by molar-refractivity contribution is 0.0942. The smallest absolute Gasteiger partial charge is 0.267 e. The first-order valence-electron chi connectivity index (χ1n) is 9.71. The van der Waals surface area contributed by atoms with Gasteiger partial charge in [0.2, 0.25) is 5.88 Å². The molecule has 8 heteroatoms. The summed E-state index contributed by atoms with van der Waals surface area (Å²) in [5.74, 6) is 3.49. The van der Waals surface area contributed by atoms with Gasteiger partial charge in [-0.15, -0.1) is 17.8 Å². The van der Waals surface area contributed by atoms with Crippen molar-refractivity contribution in [3.05, 3.63) is 51.7 Å². The molecule has 6 nitrogen and oxygen atoms in total. The van der Waals surface area contributed by atoms with Crippen molar-refractivity contribution in [1.29, 1.82) is 0 Å². The van der Waals surface area contributed by atoms with Gasteiger partial charge in [-0.3, -0.25) is 4.79 Å². The fraction of sp³-hybridized carbons (Fsp3) is 0.364. The molecule has 0 spiro atoms. The lowest BCUT2D eigenvalue weighted by Gasteiger charge is -2.14. The van der Waals surface area contributed by atoms with Gasteiger partial charge >= 0.3 is 0 Å². The standard InChI is InChI=1S/C22H22N2O4S2/c1-3-22(12-13-22)21-24-20(28-16-7-5-4-6-8-16)18(29-21)19(25)23-17(15-9-10-15)11-14-30(2,26)27/h1,4-8,11,14-15,17H,9-10,12-13H2,2H3,(H,23,25)/b14-11+/t17-/m1/s1. The molecule has 1 N–H and O–H groups in total. The number of amides is 1. The average molecular weight is 443 g/mol. The van der Waals surface area contributed by atoms with Crippen molar-refractivity contribution in [3.8, 4) is 24.0 Å². The summed E-state index contributed by atoms with van der Waals surface area (Å²) in [5.41, 5.74) is -0.413. The third kappa shape index (κ3) is 4.74. The van der Waals surface area contributed by atoms with Gasteiger partial charge < -0.3 is 10.1 Å². The second-order valence-electron chi connectivity index (χ2n) is 7.79. The third-order valence-electron chi connectivity index (χ3n) is 5.16. The molecular weight excluding hydrogens is 420 g/mol. The van der Waals surface area contributed by atoms with Crippen molar-refractivity contribution < 1.29 is 17.9 Å². The van der Waals surface area contributed by atoms with Crippen LogP contribution in [0.2, 0.25) is 0 Å². The molecule has 2 aliphatic rings. The van der Waals surface area contributed by atoms with E-state index in [1.54, 1.807) is 18.2 Å². The van der Waals surface area contributed by atoms with E-state index in [0.717, 1.165) is 37.3 Å². The molecular formula is C22H22N2O4S2. The molecule has 1 atom stereocenters. The van der Waals surface area contributed by atoms with Gasteiger partial charge in [-0.1, -0.05) is 30.2 Å². The first-order chi connectivity index (χ1) is 14.3. The molecule has 1 aromatic heterocycles. The predicted octanol–water partition coefficient (Wildman–Crippen LogP) is 3.67. The van der Waals surface area contributed by atoms with E-state index in [4.69, 9.17) is 11.2 Å². The summed E-state index contributed by atoms with van der Waals surface area (Å²) in [4.78, 5) is 18.0. The van der Waals surface area contributed by atoms with E-state index in [9.17, 15) is 13.2 Å². The van der Waals surface area contributed by atoms with E-state index in [2.05, 4.69) is 16.2 Å². The number of benzene rings is 1. The van der Waals surface area contributed by atoms with Gasteiger partial charge in [0.15, 0.2) is 14.7 Å². The van der Waals surface area contributed by atoms with Crippen LogP contribution in [0.15, 0.2) is 41.8 Å². The Balaban J connectivity index is 1.62. The number of nitrogens with one attached hydrogen (secondary N) is 1. The fourth-order valence-electron chi connectivity index (χ4n) is 3.09. The highest BCUT2D eigenvalue weighted by Gasteiger charge is 2.47. The average Bonchev–Trinajstić information content (AvgIpc) is 3.63. The largest absolute Gasteiger partial charge is 0.437 e. The maximum Gasteiger partial charge on any atom is 0.267 e. The molecule has 0 aliphatic heterocycles. The Hall–Kier alpha value is -2.63. The first-order valence-corrected chi connectivity index (χ1v) is 12.5. The number of carbonyl (C=O) groups is 1. The summed E-state index contributed by atoms with van der Waals surface area (Å²) in [5, 5.41) is 4.80. The third-order valence-corrected chi connectivity index (χ3v) is 7.05. The predicted molar refractivity (Wildman–Crippen MR) is 116 cm³/mol. The summed E-state index contributed by atoms with van der Waals surface area (Å²) < 4.78 is 28.9. The van der Waals surface area contributed by atoms with Crippen molar-refractivity contribution >= 4 is 27.1 Å². The highest BCUT2D eigenvalue weighted by molar-refractivity contribution is 7.93.